The van der Waals surface area contributed by atoms with Gasteiger partial charge in [0.1, 0.15) is 11.4 Å². The molecule has 1 aliphatic heterocycles. The lowest BCUT2D eigenvalue weighted by Crippen LogP contribution is -2.35. The van der Waals surface area contributed by atoms with Gasteiger partial charge in [-0.25, -0.2) is 0 Å². The fourth-order valence-electron chi connectivity index (χ4n) is 2.51. The normalized spacial score (nSPS) is 20.2. The molecule has 0 saturated carbocycles. The highest BCUT2D eigenvalue weighted by Crippen LogP contribution is 2.29. The summed E-state index contributed by atoms with van der Waals surface area (Å²) in [5, 5.41) is 23.4. The van der Waals surface area contributed by atoms with Gasteiger partial charge in [0.25, 0.3) is 5.69 Å². The molecule has 2 rings (SSSR count). The summed E-state index contributed by atoms with van der Waals surface area (Å²) in [6.45, 7) is 2.85. The molecule has 2 N–H and O–H groups in total. The third-order valence-electron chi connectivity index (χ3n) is 3.48. The summed E-state index contributed by atoms with van der Waals surface area (Å²) in [7, 11) is 2.09. The van der Waals surface area contributed by atoms with Crippen LogP contribution in [0.1, 0.15) is 12.8 Å². The standard InChI is InChI=1S/C13H19N3O3/c1-15-6-2-3-10(9-15)8-14-12-5-4-11(17)7-13(12)16(18)19/h4-5,7,10,14,17H,2-3,6,8-9H2,1H3. The van der Waals surface area contributed by atoms with Crippen LogP contribution in [-0.4, -0.2) is 41.6 Å². The molecule has 1 aromatic rings. The smallest absolute Gasteiger partial charge is 0.296 e. The van der Waals surface area contributed by atoms with Crippen molar-refractivity contribution in [3.63, 3.8) is 0 Å². The molecule has 0 amide bonds. The molecule has 6 heteroatoms. The van der Waals surface area contributed by atoms with Gasteiger partial charge < -0.3 is 15.3 Å². The number of phenolic OH excluding ortho intramolecular Hbond substituents is 1. The highest BCUT2D eigenvalue weighted by molar-refractivity contribution is 5.63. The highest BCUT2D eigenvalue weighted by atomic mass is 16.6. The van der Waals surface area contributed by atoms with Crippen LogP contribution in [0.15, 0.2) is 18.2 Å². The van der Waals surface area contributed by atoms with Crippen LogP contribution in [0.25, 0.3) is 0 Å². The van der Waals surface area contributed by atoms with Gasteiger partial charge in [0, 0.05) is 13.1 Å². The maximum atomic E-state index is 10.9. The average Bonchev–Trinajstić information content (AvgIpc) is 2.37. The summed E-state index contributed by atoms with van der Waals surface area (Å²) in [5.41, 5.74) is 0.389. The van der Waals surface area contributed by atoms with Crippen molar-refractivity contribution in [3.05, 3.63) is 28.3 Å². The van der Waals surface area contributed by atoms with Crippen molar-refractivity contribution in [3.8, 4) is 5.75 Å². The number of benzene rings is 1. The number of rotatable bonds is 4. The second-order valence-corrected chi connectivity index (χ2v) is 5.11. The predicted octanol–water partition coefficient (Wildman–Crippen LogP) is 2.05. The number of phenols is 1. The SMILES string of the molecule is CN1CCCC(CNc2ccc(O)cc2[N+](=O)[O-])C1. The molecule has 0 spiro atoms. The van der Waals surface area contributed by atoms with E-state index in [-0.39, 0.29) is 11.4 Å². The van der Waals surface area contributed by atoms with E-state index in [2.05, 4.69) is 17.3 Å². The van der Waals surface area contributed by atoms with Gasteiger partial charge in [-0.15, -0.1) is 0 Å². The van der Waals surface area contributed by atoms with Crippen molar-refractivity contribution in [2.75, 3.05) is 32.0 Å². The van der Waals surface area contributed by atoms with Gasteiger partial charge >= 0.3 is 0 Å². The summed E-state index contributed by atoms with van der Waals surface area (Å²) in [4.78, 5) is 12.7. The van der Waals surface area contributed by atoms with Crippen molar-refractivity contribution in [2.24, 2.45) is 5.92 Å². The highest BCUT2D eigenvalue weighted by Gasteiger charge is 2.19. The van der Waals surface area contributed by atoms with E-state index in [9.17, 15) is 15.2 Å². The first-order valence-electron chi connectivity index (χ1n) is 6.46. The van der Waals surface area contributed by atoms with Gasteiger partial charge in [-0.1, -0.05) is 0 Å². The second-order valence-electron chi connectivity index (χ2n) is 5.11. The summed E-state index contributed by atoms with van der Waals surface area (Å²) in [5.74, 6) is 0.418. The Hall–Kier alpha value is -1.82. The molecule has 0 aliphatic carbocycles. The molecule has 1 saturated heterocycles. The van der Waals surface area contributed by atoms with Gasteiger partial charge in [-0.2, -0.15) is 0 Å². The van der Waals surface area contributed by atoms with Gasteiger partial charge in [-0.3, -0.25) is 10.1 Å². The Bertz CT molecular complexity index is 464. The lowest BCUT2D eigenvalue weighted by Gasteiger charge is -2.29. The molecule has 1 atom stereocenters. The number of anilines is 1. The summed E-state index contributed by atoms with van der Waals surface area (Å²) in [6.07, 6.45) is 2.31. The zero-order valence-corrected chi connectivity index (χ0v) is 11.0. The zero-order valence-electron chi connectivity index (χ0n) is 11.0. The Morgan fingerprint density at radius 3 is 3.05 bits per heavy atom. The molecule has 1 unspecified atom stereocenters. The number of aromatic hydroxyl groups is 1. The molecule has 104 valence electrons. The summed E-state index contributed by atoms with van der Waals surface area (Å²) >= 11 is 0. The van der Waals surface area contributed by atoms with Crippen molar-refractivity contribution in [1.29, 1.82) is 0 Å². The van der Waals surface area contributed by atoms with Gasteiger partial charge in [0.15, 0.2) is 0 Å². The van der Waals surface area contributed by atoms with Crippen LogP contribution in [0.2, 0.25) is 0 Å². The lowest BCUT2D eigenvalue weighted by atomic mass is 9.98. The Morgan fingerprint density at radius 1 is 1.58 bits per heavy atom. The minimum absolute atomic E-state index is 0.0795. The fourth-order valence-corrected chi connectivity index (χ4v) is 2.51. The van der Waals surface area contributed by atoms with E-state index in [1.54, 1.807) is 6.07 Å². The van der Waals surface area contributed by atoms with Crippen molar-refractivity contribution < 1.29 is 10.0 Å². The quantitative estimate of drug-likeness (QED) is 0.495. The fraction of sp³-hybridized carbons (Fsp3) is 0.538. The first kappa shape index (κ1) is 13.6. The second kappa shape index (κ2) is 5.88. The molecule has 0 aromatic heterocycles. The molecule has 1 fully saturated rings. The Morgan fingerprint density at radius 2 is 2.37 bits per heavy atom. The largest absolute Gasteiger partial charge is 0.508 e. The topological polar surface area (TPSA) is 78.6 Å². The predicted molar refractivity (Wildman–Crippen MR) is 73.5 cm³/mol. The van der Waals surface area contributed by atoms with E-state index in [0.717, 1.165) is 26.1 Å². The van der Waals surface area contributed by atoms with Gasteiger partial charge in [0.2, 0.25) is 0 Å². The summed E-state index contributed by atoms with van der Waals surface area (Å²) < 4.78 is 0. The van der Waals surface area contributed by atoms with Crippen LogP contribution in [0.4, 0.5) is 11.4 Å². The molecule has 19 heavy (non-hydrogen) atoms. The van der Waals surface area contributed by atoms with Crippen molar-refractivity contribution in [2.45, 2.75) is 12.8 Å². The molecular weight excluding hydrogens is 246 g/mol. The number of hydrogen-bond donors (Lipinski definition) is 2. The van der Waals surface area contributed by atoms with Gasteiger partial charge in [0.05, 0.1) is 11.0 Å². The minimum Gasteiger partial charge on any atom is -0.508 e. The maximum absolute atomic E-state index is 10.9. The number of nitrogens with one attached hydrogen (secondary N) is 1. The van der Waals surface area contributed by atoms with E-state index in [0.29, 0.717) is 11.6 Å². The lowest BCUT2D eigenvalue weighted by molar-refractivity contribution is -0.384. The molecule has 6 nitrogen and oxygen atoms in total. The first-order valence-corrected chi connectivity index (χ1v) is 6.46. The van der Waals surface area contributed by atoms with Crippen LogP contribution in [-0.2, 0) is 0 Å². The third-order valence-corrected chi connectivity index (χ3v) is 3.48. The Labute approximate surface area is 112 Å². The first-order chi connectivity index (χ1) is 9.06. The summed E-state index contributed by atoms with van der Waals surface area (Å²) in [6, 6.07) is 4.19. The van der Waals surface area contributed by atoms with Crippen LogP contribution in [0.3, 0.4) is 0 Å². The average molecular weight is 265 g/mol. The monoisotopic (exact) mass is 265 g/mol. The van der Waals surface area contributed by atoms with Crippen LogP contribution in [0, 0.1) is 16.0 Å². The minimum atomic E-state index is -0.477. The molecule has 1 aliphatic rings. The Kier molecular flexibility index (Phi) is 4.21. The zero-order chi connectivity index (χ0) is 13.8. The molecule has 1 heterocycles. The number of hydrogen-bond acceptors (Lipinski definition) is 5. The van der Waals surface area contributed by atoms with E-state index in [1.807, 2.05) is 0 Å². The third kappa shape index (κ3) is 3.57. The number of piperidine rings is 1. The molecular formula is C13H19N3O3. The van der Waals surface area contributed by atoms with Crippen molar-refractivity contribution >= 4 is 11.4 Å². The van der Waals surface area contributed by atoms with Crippen molar-refractivity contribution in [1.82, 2.24) is 4.90 Å². The van der Waals surface area contributed by atoms with E-state index < -0.39 is 4.92 Å². The van der Waals surface area contributed by atoms with Gasteiger partial charge in [-0.05, 0) is 44.5 Å². The number of nitro benzene ring substituents is 1. The molecule has 0 bridgehead atoms. The van der Waals surface area contributed by atoms with Crippen LogP contribution in [0.5, 0.6) is 5.75 Å². The van der Waals surface area contributed by atoms with E-state index in [4.69, 9.17) is 0 Å². The number of nitro groups is 1. The van der Waals surface area contributed by atoms with E-state index in [1.165, 1.54) is 18.6 Å². The van der Waals surface area contributed by atoms with Crippen LogP contribution < -0.4 is 5.32 Å². The van der Waals surface area contributed by atoms with Crippen LogP contribution >= 0.6 is 0 Å². The molecule has 1 aromatic carbocycles. The number of likely N-dealkylation sites (tertiary alicyclic amines) is 1. The van der Waals surface area contributed by atoms with E-state index >= 15 is 0 Å². The number of nitrogens with zero attached hydrogens (tertiary/aromatic N) is 2. The Balaban J connectivity index is 2.01. The maximum Gasteiger partial charge on any atom is 0.296 e. The molecule has 0 radical (unpaired) electrons.